The highest BCUT2D eigenvalue weighted by Gasteiger charge is 2.37. The summed E-state index contributed by atoms with van der Waals surface area (Å²) in [5.41, 5.74) is 15.2. The smallest absolute Gasteiger partial charge is 0.0547 e. The van der Waals surface area contributed by atoms with Crippen LogP contribution in [0.1, 0.15) is 25.0 Å². The van der Waals surface area contributed by atoms with Crippen molar-refractivity contribution in [3.8, 4) is 33.6 Å². The Morgan fingerprint density at radius 1 is 0.404 bits per heavy atom. The molecule has 0 aliphatic heterocycles. The van der Waals surface area contributed by atoms with E-state index in [9.17, 15) is 0 Å². The standard InChI is InChI=1S/C45H32N2/c1-45(2)37-19-11-9-18-34(37)43-38(45)24-26-41-44(43)35-23-21-30(28-42(35)47(41)32-15-7-4-8-16-32)29-22-25-40-36(27-29)33-17-10-12-20-39(33)46(40)31-13-5-3-6-14-31/h3-28H,1-2H3. The van der Waals surface area contributed by atoms with Crippen molar-refractivity contribution < 1.29 is 0 Å². The van der Waals surface area contributed by atoms with Gasteiger partial charge in [0, 0.05) is 38.3 Å². The fraction of sp³-hybridized carbons (Fsp3) is 0.0667. The SMILES string of the molecule is CC1(C)c2ccccc2-c2c1ccc1c2c2ccc(-c3ccc4c(c3)c3ccccc3n4-c3ccccc3)cc2n1-c1ccccc1. The second kappa shape index (κ2) is 9.57. The number of hydrogen-bond donors (Lipinski definition) is 0. The second-order valence-corrected chi connectivity index (χ2v) is 13.4. The summed E-state index contributed by atoms with van der Waals surface area (Å²) in [7, 11) is 0. The van der Waals surface area contributed by atoms with Gasteiger partial charge in [0.05, 0.1) is 22.1 Å². The van der Waals surface area contributed by atoms with Crippen LogP contribution in [0.2, 0.25) is 0 Å². The third kappa shape index (κ3) is 3.61. The van der Waals surface area contributed by atoms with Gasteiger partial charge in [-0.1, -0.05) is 117 Å². The summed E-state index contributed by atoms with van der Waals surface area (Å²) in [6.07, 6.45) is 0. The summed E-state index contributed by atoms with van der Waals surface area (Å²) < 4.78 is 4.84. The Balaban J connectivity index is 1.25. The maximum atomic E-state index is 2.46. The van der Waals surface area contributed by atoms with E-state index >= 15 is 0 Å². The van der Waals surface area contributed by atoms with E-state index < -0.39 is 0 Å². The monoisotopic (exact) mass is 600 g/mol. The quantitative estimate of drug-likeness (QED) is 0.191. The van der Waals surface area contributed by atoms with Crippen LogP contribution >= 0.6 is 0 Å². The Morgan fingerprint density at radius 3 is 1.79 bits per heavy atom. The molecule has 7 aromatic carbocycles. The van der Waals surface area contributed by atoms with Gasteiger partial charge in [0.25, 0.3) is 0 Å². The van der Waals surface area contributed by atoms with Crippen LogP contribution in [-0.2, 0) is 5.41 Å². The molecule has 2 nitrogen and oxygen atoms in total. The van der Waals surface area contributed by atoms with E-state index in [-0.39, 0.29) is 5.41 Å². The predicted octanol–water partition coefficient (Wildman–Crippen LogP) is 11.9. The fourth-order valence-electron chi connectivity index (χ4n) is 8.34. The fourth-order valence-corrected chi connectivity index (χ4v) is 8.34. The molecule has 0 unspecified atom stereocenters. The van der Waals surface area contributed by atoms with Crippen LogP contribution in [0, 0.1) is 0 Å². The molecule has 0 atom stereocenters. The molecular weight excluding hydrogens is 569 g/mol. The van der Waals surface area contributed by atoms with E-state index in [1.807, 2.05) is 0 Å². The Labute approximate surface area is 273 Å². The van der Waals surface area contributed by atoms with Gasteiger partial charge in [-0.15, -0.1) is 0 Å². The third-order valence-electron chi connectivity index (χ3n) is 10.5. The van der Waals surface area contributed by atoms with Gasteiger partial charge >= 0.3 is 0 Å². The van der Waals surface area contributed by atoms with Crippen LogP contribution in [0.5, 0.6) is 0 Å². The van der Waals surface area contributed by atoms with E-state index in [0.29, 0.717) is 0 Å². The molecule has 0 amide bonds. The number of aromatic nitrogens is 2. The zero-order valence-corrected chi connectivity index (χ0v) is 26.4. The van der Waals surface area contributed by atoms with E-state index in [4.69, 9.17) is 0 Å². The molecule has 2 heterocycles. The summed E-state index contributed by atoms with van der Waals surface area (Å²) in [5.74, 6) is 0. The number of fused-ring (bicyclic) bond motifs is 10. The van der Waals surface area contributed by atoms with E-state index in [0.717, 1.165) is 0 Å². The molecule has 0 radical (unpaired) electrons. The molecule has 1 aliphatic carbocycles. The summed E-state index contributed by atoms with van der Waals surface area (Å²) in [5, 5.41) is 5.16. The van der Waals surface area contributed by atoms with Crippen molar-refractivity contribution >= 4 is 43.6 Å². The number of rotatable bonds is 3. The average molecular weight is 601 g/mol. The van der Waals surface area contributed by atoms with Crippen LogP contribution in [0.3, 0.4) is 0 Å². The Hall–Kier alpha value is -5.86. The minimum absolute atomic E-state index is 0.0461. The highest BCUT2D eigenvalue weighted by Crippen LogP contribution is 2.53. The molecular formula is C45H32N2. The summed E-state index contributed by atoms with van der Waals surface area (Å²) >= 11 is 0. The molecule has 0 saturated heterocycles. The van der Waals surface area contributed by atoms with Gasteiger partial charge < -0.3 is 9.13 Å². The van der Waals surface area contributed by atoms with Crippen molar-refractivity contribution in [2.24, 2.45) is 0 Å². The first-order chi connectivity index (χ1) is 23.1. The molecule has 222 valence electrons. The topological polar surface area (TPSA) is 9.86 Å². The number of benzene rings is 7. The van der Waals surface area contributed by atoms with Crippen LogP contribution in [0.15, 0.2) is 158 Å². The highest BCUT2D eigenvalue weighted by molar-refractivity contribution is 6.18. The lowest BCUT2D eigenvalue weighted by atomic mass is 9.82. The van der Waals surface area contributed by atoms with Gasteiger partial charge in [-0.05, 0) is 88.0 Å². The molecule has 0 spiro atoms. The molecule has 2 heteroatoms. The van der Waals surface area contributed by atoms with Crippen molar-refractivity contribution in [3.63, 3.8) is 0 Å². The van der Waals surface area contributed by atoms with Crippen molar-refractivity contribution in [3.05, 3.63) is 169 Å². The van der Waals surface area contributed by atoms with Gasteiger partial charge in [-0.2, -0.15) is 0 Å². The molecule has 1 aliphatic rings. The van der Waals surface area contributed by atoms with Crippen molar-refractivity contribution in [1.29, 1.82) is 0 Å². The van der Waals surface area contributed by atoms with Gasteiger partial charge in [0.15, 0.2) is 0 Å². The van der Waals surface area contributed by atoms with E-state index in [1.165, 1.54) is 88.4 Å². The van der Waals surface area contributed by atoms with Crippen LogP contribution in [0.4, 0.5) is 0 Å². The molecule has 0 bridgehead atoms. The molecule has 10 rings (SSSR count). The van der Waals surface area contributed by atoms with Gasteiger partial charge in [0.2, 0.25) is 0 Å². The molecule has 0 fully saturated rings. The van der Waals surface area contributed by atoms with Gasteiger partial charge in [0.1, 0.15) is 0 Å². The Bertz CT molecular complexity index is 2690. The number of para-hydroxylation sites is 3. The highest BCUT2D eigenvalue weighted by atomic mass is 15.0. The normalized spacial score (nSPS) is 13.5. The maximum Gasteiger partial charge on any atom is 0.0547 e. The first-order valence-corrected chi connectivity index (χ1v) is 16.5. The third-order valence-corrected chi connectivity index (χ3v) is 10.5. The van der Waals surface area contributed by atoms with E-state index in [1.54, 1.807) is 0 Å². The lowest BCUT2D eigenvalue weighted by Gasteiger charge is -2.21. The summed E-state index contributed by atoms with van der Waals surface area (Å²) in [6.45, 7) is 4.73. The van der Waals surface area contributed by atoms with Crippen LogP contribution < -0.4 is 0 Å². The zero-order chi connectivity index (χ0) is 31.3. The average Bonchev–Trinajstić information content (AvgIpc) is 3.72. The molecule has 9 aromatic rings. The van der Waals surface area contributed by atoms with Crippen molar-refractivity contribution in [2.45, 2.75) is 19.3 Å². The Morgan fingerprint density at radius 2 is 1.00 bits per heavy atom. The van der Waals surface area contributed by atoms with Crippen LogP contribution in [-0.4, -0.2) is 9.13 Å². The van der Waals surface area contributed by atoms with Gasteiger partial charge in [-0.25, -0.2) is 0 Å². The lowest BCUT2D eigenvalue weighted by Crippen LogP contribution is -2.14. The Kier molecular flexibility index (Phi) is 5.37. The second-order valence-electron chi connectivity index (χ2n) is 13.4. The van der Waals surface area contributed by atoms with Crippen LogP contribution in [0.25, 0.3) is 77.2 Å². The zero-order valence-electron chi connectivity index (χ0n) is 26.4. The summed E-state index contributed by atoms with van der Waals surface area (Å²) in [4.78, 5) is 0. The first-order valence-electron chi connectivity index (χ1n) is 16.5. The molecule has 0 N–H and O–H groups in total. The number of nitrogens with zero attached hydrogens (tertiary/aromatic N) is 2. The van der Waals surface area contributed by atoms with E-state index in [2.05, 4.69) is 181 Å². The molecule has 0 saturated carbocycles. The maximum absolute atomic E-state index is 2.46. The number of hydrogen-bond acceptors (Lipinski definition) is 0. The predicted molar refractivity (Wildman–Crippen MR) is 198 cm³/mol. The van der Waals surface area contributed by atoms with Crippen molar-refractivity contribution in [2.75, 3.05) is 0 Å². The summed E-state index contributed by atoms with van der Waals surface area (Å²) in [6, 6.07) is 58.0. The largest absolute Gasteiger partial charge is 0.309 e. The first kappa shape index (κ1) is 26.4. The lowest BCUT2D eigenvalue weighted by molar-refractivity contribution is 0.661. The van der Waals surface area contributed by atoms with Crippen molar-refractivity contribution in [1.82, 2.24) is 9.13 Å². The minimum Gasteiger partial charge on any atom is -0.309 e. The minimum atomic E-state index is -0.0461. The van der Waals surface area contributed by atoms with Gasteiger partial charge in [-0.3, -0.25) is 0 Å². The molecule has 2 aromatic heterocycles. The molecule has 47 heavy (non-hydrogen) atoms.